The van der Waals surface area contributed by atoms with Crippen LogP contribution in [0.4, 0.5) is 11.4 Å². The van der Waals surface area contributed by atoms with E-state index in [9.17, 15) is 4.79 Å². The fraction of sp³-hybridized carbons (Fsp3) is 0.500. The molecule has 1 aliphatic rings. The first kappa shape index (κ1) is 14.5. The average Bonchev–Trinajstić information content (AvgIpc) is 2.48. The van der Waals surface area contributed by atoms with Crippen LogP contribution in [0.1, 0.15) is 0 Å². The summed E-state index contributed by atoms with van der Waals surface area (Å²) in [4.78, 5) is 15.8. The summed E-state index contributed by atoms with van der Waals surface area (Å²) in [5.41, 5.74) is 7.51. The number of piperazine rings is 1. The Balaban J connectivity index is 1.98. The maximum absolute atomic E-state index is 11.7. The second-order valence-corrected chi connectivity index (χ2v) is 4.73. The molecule has 1 fully saturated rings. The molecule has 6 nitrogen and oxygen atoms in total. The Morgan fingerprint density at radius 1 is 1.25 bits per heavy atom. The zero-order chi connectivity index (χ0) is 14.5. The van der Waals surface area contributed by atoms with Crippen molar-refractivity contribution in [2.24, 2.45) is 0 Å². The van der Waals surface area contributed by atoms with Crippen molar-refractivity contribution in [1.82, 2.24) is 4.90 Å². The Kier molecular flexibility index (Phi) is 4.68. The molecule has 0 aromatic heterocycles. The van der Waals surface area contributed by atoms with Crippen molar-refractivity contribution in [3.05, 3.63) is 18.2 Å². The van der Waals surface area contributed by atoms with Crippen molar-refractivity contribution in [3.8, 4) is 5.75 Å². The molecule has 1 aromatic carbocycles. The van der Waals surface area contributed by atoms with Gasteiger partial charge in [-0.1, -0.05) is 0 Å². The molecule has 110 valence electrons. The van der Waals surface area contributed by atoms with Crippen molar-refractivity contribution >= 4 is 17.3 Å². The summed E-state index contributed by atoms with van der Waals surface area (Å²) in [5.74, 6) is 0.724. The molecule has 1 heterocycles. The van der Waals surface area contributed by atoms with Gasteiger partial charge in [-0.15, -0.1) is 0 Å². The number of nitrogens with two attached hydrogens (primary N) is 1. The number of carbonyl (C=O) groups is 1. The minimum atomic E-state index is 0.0436. The monoisotopic (exact) mass is 279 g/mol. The number of amides is 1. The Morgan fingerprint density at radius 2 is 1.95 bits per heavy atom. The van der Waals surface area contributed by atoms with Crippen molar-refractivity contribution in [3.63, 3.8) is 0 Å². The lowest BCUT2D eigenvalue weighted by Gasteiger charge is -2.36. The molecule has 1 aromatic rings. The van der Waals surface area contributed by atoms with Crippen LogP contribution in [0.25, 0.3) is 0 Å². The first-order chi connectivity index (χ1) is 9.65. The van der Waals surface area contributed by atoms with Crippen molar-refractivity contribution in [2.45, 2.75) is 0 Å². The first-order valence-electron chi connectivity index (χ1n) is 6.61. The van der Waals surface area contributed by atoms with Crippen LogP contribution in [0.3, 0.4) is 0 Å². The highest BCUT2D eigenvalue weighted by Gasteiger charge is 2.21. The number of ether oxygens (including phenoxy) is 2. The number of hydrogen-bond acceptors (Lipinski definition) is 5. The molecule has 0 radical (unpaired) electrons. The lowest BCUT2D eigenvalue weighted by Crippen LogP contribution is -2.49. The van der Waals surface area contributed by atoms with Gasteiger partial charge in [0.05, 0.1) is 12.8 Å². The quantitative estimate of drug-likeness (QED) is 0.816. The first-order valence-corrected chi connectivity index (χ1v) is 6.61. The fourth-order valence-corrected chi connectivity index (χ4v) is 2.33. The Morgan fingerprint density at radius 3 is 2.55 bits per heavy atom. The van der Waals surface area contributed by atoms with Crippen molar-refractivity contribution in [1.29, 1.82) is 0 Å². The van der Waals surface area contributed by atoms with E-state index >= 15 is 0 Å². The normalized spacial score (nSPS) is 15.3. The summed E-state index contributed by atoms with van der Waals surface area (Å²) in [6, 6.07) is 5.75. The maximum atomic E-state index is 11.7. The van der Waals surface area contributed by atoms with Crippen LogP contribution in [0.5, 0.6) is 5.75 Å². The van der Waals surface area contributed by atoms with Gasteiger partial charge in [-0.25, -0.2) is 0 Å². The molecule has 0 atom stereocenters. The highest BCUT2D eigenvalue weighted by Crippen LogP contribution is 2.27. The molecule has 0 spiro atoms. The standard InChI is InChI=1S/C14H21N3O3/c1-19-10-14(18)17-7-5-16(6-8-17)11-3-4-12(15)13(9-11)20-2/h3-4,9H,5-8,10,15H2,1-2H3. The second kappa shape index (κ2) is 6.47. The van der Waals surface area contributed by atoms with E-state index in [2.05, 4.69) is 4.90 Å². The van der Waals surface area contributed by atoms with Gasteiger partial charge in [0.15, 0.2) is 0 Å². The Hall–Kier alpha value is -1.95. The van der Waals surface area contributed by atoms with Gasteiger partial charge >= 0.3 is 0 Å². The van der Waals surface area contributed by atoms with E-state index in [0.29, 0.717) is 24.5 Å². The third kappa shape index (κ3) is 3.14. The minimum Gasteiger partial charge on any atom is -0.495 e. The van der Waals surface area contributed by atoms with Crippen LogP contribution in [-0.2, 0) is 9.53 Å². The van der Waals surface area contributed by atoms with Crippen LogP contribution in [-0.4, -0.2) is 57.8 Å². The molecule has 0 aliphatic carbocycles. The number of rotatable bonds is 4. The molecule has 1 aliphatic heterocycles. The largest absolute Gasteiger partial charge is 0.495 e. The van der Waals surface area contributed by atoms with E-state index in [1.54, 1.807) is 7.11 Å². The topological polar surface area (TPSA) is 68.0 Å². The molecule has 1 amide bonds. The predicted molar refractivity (Wildman–Crippen MR) is 78.1 cm³/mol. The van der Waals surface area contributed by atoms with E-state index in [-0.39, 0.29) is 12.5 Å². The number of methoxy groups -OCH3 is 2. The molecule has 1 saturated heterocycles. The molecule has 2 rings (SSSR count). The summed E-state index contributed by atoms with van der Waals surface area (Å²) in [6.07, 6.45) is 0. The molecule has 6 heteroatoms. The molecule has 0 bridgehead atoms. The predicted octanol–water partition coefficient (Wildman–Crippen LogP) is 0.572. The number of hydrogen-bond donors (Lipinski definition) is 1. The Labute approximate surface area is 119 Å². The summed E-state index contributed by atoms with van der Waals surface area (Å²) >= 11 is 0. The summed E-state index contributed by atoms with van der Waals surface area (Å²) < 4.78 is 10.1. The summed E-state index contributed by atoms with van der Waals surface area (Å²) in [5, 5.41) is 0. The fourth-order valence-electron chi connectivity index (χ4n) is 2.33. The lowest BCUT2D eigenvalue weighted by molar-refractivity contribution is -0.135. The molecular formula is C14H21N3O3. The number of anilines is 2. The van der Waals surface area contributed by atoms with Crippen LogP contribution < -0.4 is 15.4 Å². The third-order valence-electron chi connectivity index (χ3n) is 3.48. The van der Waals surface area contributed by atoms with Gasteiger partial charge in [-0.05, 0) is 12.1 Å². The van der Waals surface area contributed by atoms with Crippen LogP contribution >= 0.6 is 0 Å². The van der Waals surface area contributed by atoms with Gasteiger partial charge in [0.2, 0.25) is 5.91 Å². The van der Waals surface area contributed by atoms with Crippen molar-refractivity contribution < 1.29 is 14.3 Å². The van der Waals surface area contributed by atoms with Gasteiger partial charge in [0.1, 0.15) is 12.4 Å². The lowest BCUT2D eigenvalue weighted by atomic mass is 10.2. The van der Waals surface area contributed by atoms with E-state index in [0.717, 1.165) is 18.8 Å². The van der Waals surface area contributed by atoms with Crippen LogP contribution in [0, 0.1) is 0 Å². The molecule has 20 heavy (non-hydrogen) atoms. The molecule has 0 unspecified atom stereocenters. The van der Waals surface area contributed by atoms with E-state index in [1.165, 1.54) is 7.11 Å². The summed E-state index contributed by atoms with van der Waals surface area (Å²) in [7, 11) is 3.14. The molecule has 2 N–H and O–H groups in total. The SMILES string of the molecule is COCC(=O)N1CCN(c2ccc(N)c(OC)c2)CC1. The van der Waals surface area contributed by atoms with Gasteiger partial charge in [-0.3, -0.25) is 4.79 Å². The minimum absolute atomic E-state index is 0.0436. The summed E-state index contributed by atoms with van der Waals surface area (Å²) in [6.45, 7) is 3.14. The zero-order valence-electron chi connectivity index (χ0n) is 12.0. The van der Waals surface area contributed by atoms with Gasteiger partial charge in [0.25, 0.3) is 0 Å². The van der Waals surface area contributed by atoms with Gasteiger partial charge in [0, 0.05) is 45.0 Å². The van der Waals surface area contributed by atoms with E-state index in [4.69, 9.17) is 15.2 Å². The van der Waals surface area contributed by atoms with E-state index < -0.39 is 0 Å². The van der Waals surface area contributed by atoms with Gasteiger partial charge < -0.3 is 25.0 Å². The number of benzene rings is 1. The molecule has 0 saturated carbocycles. The maximum Gasteiger partial charge on any atom is 0.248 e. The number of nitrogen functional groups attached to an aromatic ring is 1. The highest BCUT2D eigenvalue weighted by atomic mass is 16.5. The second-order valence-electron chi connectivity index (χ2n) is 4.73. The number of carbonyl (C=O) groups excluding carboxylic acids is 1. The van der Waals surface area contributed by atoms with Crippen LogP contribution in [0.15, 0.2) is 18.2 Å². The van der Waals surface area contributed by atoms with E-state index in [1.807, 2.05) is 23.1 Å². The van der Waals surface area contributed by atoms with Gasteiger partial charge in [-0.2, -0.15) is 0 Å². The highest BCUT2D eigenvalue weighted by molar-refractivity contribution is 5.77. The zero-order valence-corrected chi connectivity index (χ0v) is 12.0. The van der Waals surface area contributed by atoms with Crippen molar-refractivity contribution in [2.75, 3.05) is 57.6 Å². The smallest absolute Gasteiger partial charge is 0.248 e. The average molecular weight is 279 g/mol. The molecular weight excluding hydrogens is 258 g/mol. The third-order valence-corrected chi connectivity index (χ3v) is 3.48. The van der Waals surface area contributed by atoms with Crippen LogP contribution in [0.2, 0.25) is 0 Å². The Bertz CT molecular complexity index is 471. The number of nitrogens with zero attached hydrogens (tertiary/aromatic N) is 2.